The number of fused-ring (bicyclic) bond motifs is 1. The van der Waals surface area contributed by atoms with Crippen molar-refractivity contribution in [2.75, 3.05) is 20.3 Å². The molecule has 0 unspecified atom stereocenters. The van der Waals surface area contributed by atoms with Crippen molar-refractivity contribution in [3.63, 3.8) is 0 Å². The van der Waals surface area contributed by atoms with Crippen LogP contribution in [0.15, 0.2) is 6.07 Å². The summed E-state index contributed by atoms with van der Waals surface area (Å²) in [5.74, 6) is -0.601. The van der Waals surface area contributed by atoms with Crippen molar-refractivity contribution in [3.05, 3.63) is 16.4 Å². The SMILES string of the molecule is COCCOc1nc2sc(Cl)nc2cc1F. The molecule has 2 aromatic rings. The van der Waals surface area contributed by atoms with Crippen molar-refractivity contribution in [1.29, 1.82) is 0 Å². The quantitative estimate of drug-likeness (QED) is 0.794. The molecule has 2 rings (SSSR count). The lowest BCUT2D eigenvalue weighted by molar-refractivity contribution is 0.141. The number of rotatable bonds is 4. The fourth-order valence-electron chi connectivity index (χ4n) is 1.12. The van der Waals surface area contributed by atoms with Crippen molar-refractivity contribution in [1.82, 2.24) is 9.97 Å². The molecule has 7 heteroatoms. The van der Waals surface area contributed by atoms with E-state index < -0.39 is 5.82 Å². The van der Waals surface area contributed by atoms with E-state index in [0.29, 0.717) is 21.4 Å². The number of nitrogens with zero attached hydrogens (tertiary/aromatic N) is 2. The second-order valence-electron chi connectivity index (χ2n) is 2.91. The number of methoxy groups -OCH3 is 1. The van der Waals surface area contributed by atoms with Crippen LogP contribution in [0.3, 0.4) is 0 Å². The third-order valence-corrected chi connectivity index (χ3v) is 2.87. The average molecular weight is 263 g/mol. The molecule has 2 heterocycles. The fraction of sp³-hybridized carbons (Fsp3) is 0.333. The molecular weight excluding hydrogens is 255 g/mol. The van der Waals surface area contributed by atoms with E-state index in [1.165, 1.54) is 17.4 Å². The maximum atomic E-state index is 13.4. The van der Waals surface area contributed by atoms with Crippen LogP contribution in [0, 0.1) is 5.82 Å². The summed E-state index contributed by atoms with van der Waals surface area (Å²) in [4.78, 5) is 8.45. The van der Waals surface area contributed by atoms with Crippen LogP contribution in [0.5, 0.6) is 5.88 Å². The number of thiazole rings is 1. The second-order valence-corrected chi connectivity index (χ2v) is 4.47. The number of hydrogen-bond donors (Lipinski definition) is 0. The first-order valence-electron chi connectivity index (χ1n) is 4.45. The second kappa shape index (κ2) is 4.90. The minimum atomic E-state index is -0.550. The molecule has 0 spiro atoms. The van der Waals surface area contributed by atoms with Crippen LogP contribution in [-0.2, 0) is 4.74 Å². The Hall–Kier alpha value is -0.980. The average Bonchev–Trinajstić information content (AvgIpc) is 2.58. The topological polar surface area (TPSA) is 44.2 Å². The lowest BCUT2D eigenvalue weighted by atomic mass is 10.4. The molecule has 0 fully saturated rings. The Morgan fingerprint density at radius 3 is 3.00 bits per heavy atom. The Morgan fingerprint density at radius 2 is 2.25 bits per heavy atom. The van der Waals surface area contributed by atoms with E-state index in [2.05, 4.69) is 9.97 Å². The summed E-state index contributed by atoms with van der Waals surface area (Å²) in [6.45, 7) is 0.626. The highest BCUT2D eigenvalue weighted by Crippen LogP contribution is 2.27. The number of ether oxygens (including phenoxy) is 2. The van der Waals surface area contributed by atoms with Gasteiger partial charge >= 0.3 is 0 Å². The van der Waals surface area contributed by atoms with Gasteiger partial charge in [-0.3, -0.25) is 0 Å². The van der Waals surface area contributed by atoms with Crippen LogP contribution in [-0.4, -0.2) is 30.3 Å². The Kier molecular flexibility index (Phi) is 3.52. The Bertz CT molecular complexity index is 505. The first-order valence-corrected chi connectivity index (χ1v) is 5.64. The van der Waals surface area contributed by atoms with Crippen molar-refractivity contribution in [3.8, 4) is 5.88 Å². The van der Waals surface area contributed by atoms with E-state index in [-0.39, 0.29) is 12.5 Å². The summed E-state index contributed by atoms with van der Waals surface area (Å²) < 4.78 is 23.7. The van der Waals surface area contributed by atoms with Crippen molar-refractivity contribution in [2.24, 2.45) is 0 Å². The highest BCUT2D eigenvalue weighted by atomic mass is 35.5. The molecule has 86 valence electrons. The van der Waals surface area contributed by atoms with Crippen LogP contribution in [0.4, 0.5) is 4.39 Å². The fourth-order valence-corrected chi connectivity index (χ4v) is 2.07. The zero-order chi connectivity index (χ0) is 11.5. The molecule has 0 saturated heterocycles. The molecule has 0 amide bonds. The molecule has 0 aliphatic carbocycles. The lowest BCUT2D eigenvalue weighted by Crippen LogP contribution is -2.06. The van der Waals surface area contributed by atoms with Gasteiger partial charge in [-0.2, -0.15) is 4.98 Å². The van der Waals surface area contributed by atoms with Gasteiger partial charge in [0.05, 0.1) is 6.61 Å². The van der Waals surface area contributed by atoms with Gasteiger partial charge in [-0.25, -0.2) is 9.37 Å². The van der Waals surface area contributed by atoms with Crippen LogP contribution < -0.4 is 4.74 Å². The van der Waals surface area contributed by atoms with E-state index in [0.717, 1.165) is 0 Å². The first kappa shape index (κ1) is 11.5. The van der Waals surface area contributed by atoms with Gasteiger partial charge in [0.25, 0.3) is 5.88 Å². The van der Waals surface area contributed by atoms with Crippen LogP contribution in [0.25, 0.3) is 10.3 Å². The highest BCUT2D eigenvalue weighted by Gasteiger charge is 2.11. The van der Waals surface area contributed by atoms with Crippen molar-refractivity contribution < 1.29 is 13.9 Å². The largest absolute Gasteiger partial charge is 0.473 e. The molecule has 0 aliphatic heterocycles. The lowest BCUT2D eigenvalue weighted by Gasteiger charge is -2.04. The van der Waals surface area contributed by atoms with Gasteiger partial charge in [-0.1, -0.05) is 22.9 Å². The number of halogens is 2. The predicted molar refractivity (Wildman–Crippen MR) is 59.8 cm³/mol. The summed E-state index contributed by atoms with van der Waals surface area (Å²) in [7, 11) is 1.54. The van der Waals surface area contributed by atoms with Gasteiger partial charge in [0.15, 0.2) is 10.3 Å². The summed E-state index contributed by atoms with van der Waals surface area (Å²) in [6.07, 6.45) is 0. The Morgan fingerprint density at radius 1 is 1.44 bits per heavy atom. The van der Waals surface area contributed by atoms with E-state index in [1.807, 2.05) is 0 Å². The summed E-state index contributed by atoms with van der Waals surface area (Å²) in [5, 5.41) is 0. The molecule has 0 saturated carbocycles. The third-order valence-electron chi connectivity index (χ3n) is 1.81. The van der Waals surface area contributed by atoms with Crippen LogP contribution in [0.2, 0.25) is 4.47 Å². The van der Waals surface area contributed by atoms with Crippen LogP contribution >= 0.6 is 22.9 Å². The van der Waals surface area contributed by atoms with E-state index in [4.69, 9.17) is 21.1 Å². The minimum absolute atomic E-state index is 0.0510. The smallest absolute Gasteiger partial charge is 0.252 e. The van der Waals surface area contributed by atoms with E-state index in [1.54, 1.807) is 7.11 Å². The highest BCUT2D eigenvalue weighted by molar-refractivity contribution is 7.21. The molecule has 0 aromatic carbocycles. The summed E-state index contributed by atoms with van der Waals surface area (Å²) in [5.41, 5.74) is 0.437. The Balaban J connectivity index is 2.27. The molecule has 0 aliphatic rings. The first-order chi connectivity index (χ1) is 7.70. The van der Waals surface area contributed by atoms with Crippen LogP contribution in [0.1, 0.15) is 0 Å². The molecule has 16 heavy (non-hydrogen) atoms. The van der Waals surface area contributed by atoms with Crippen molar-refractivity contribution in [2.45, 2.75) is 0 Å². The molecule has 2 aromatic heterocycles. The number of aromatic nitrogens is 2. The molecule has 4 nitrogen and oxygen atoms in total. The van der Waals surface area contributed by atoms with Gasteiger partial charge in [-0.05, 0) is 0 Å². The molecule has 0 N–H and O–H groups in total. The maximum absolute atomic E-state index is 13.4. The van der Waals surface area contributed by atoms with Gasteiger partial charge in [0, 0.05) is 13.2 Å². The van der Waals surface area contributed by atoms with Gasteiger partial charge in [-0.15, -0.1) is 0 Å². The molecule has 0 radical (unpaired) electrons. The molecular formula is C9H8ClFN2O2S. The Labute approximate surface area is 100.0 Å². The van der Waals surface area contributed by atoms with Gasteiger partial charge < -0.3 is 9.47 Å². The van der Waals surface area contributed by atoms with Gasteiger partial charge in [0.1, 0.15) is 17.0 Å². The van der Waals surface area contributed by atoms with E-state index in [9.17, 15) is 4.39 Å². The standard InChI is InChI=1S/C9H8ClFN2O2S/c1-14-2-3-15-7-5(11)4-6-8(13-7)16-9(10)12-6/h4H,2-3H2,1H3. The maximum Gasteiger partial charge on any atom is 0.252 e. The molecule has 0 bridgehead atoms. The normalized spacial score (nSPS) is 10.9. The predicted octanol–water partition coefficient (Wildman–Crippen LogP) is 2.51. The monoisotopic (exact) mass is 262 g/mol. The van der Waals surface area contributed by atoms with Crippen molar-refractivity contribution >= 4 is 33.3 Å². The third kappa shape index (κ3) is 2.40. The number of hydrogen-bond acceptors (Lipinski definition) is 5. The number of pyridine rings is 1. The summed E-state index contributed by atoms with van der Waals surface area (Å²) >= 11 is 6.88. The minimum Gasteiger partial charge on any atom is -0.473 e. The van der Waals surface area contributed by atoms with E-state index >= 15 is 0 Å². The zero-order valence-corrected chi connectivity index (χ0v) is 9.94. The zero-order valence-electron chi connectivity index (χ0n) is 8.37. The van der Waals surface area contributed by atoms with Gasteiger partial charge in [0.2, 0.25) is 0 Å². The molecule has 0 atom stereocenters. The summed E-state index contributed by atoms with van der Waals surface area (Å²) in [6, 6.07) is 1.26.